The van der Waals surface area contributed by atoms with Gasteiger partial charge in [-0.25, -0.2) is 4.98 Å². The highest BCUT2D eigenvalue weighted by Gasteiger charge is 2.15. The second-order valence-corrected chi connectivity index (χ2v) is 5.38. The van der Waals surface area contributed by atoms with Crippen LogP contribution in [0.15, 0.2) is 11.7 Å². The highest BCUT2D eigenvalue weighted by Crippen LogP contribution is 2.24. The van der Waals surface area contributed by atoms with Gasteiger partial charge in [0, 0.05) is 17.6 Å². The summed E-state index contributed by atoms with van der Waals surface area (Å²) in [5, 5.41) is 6.49. The Morgan fingerprint density at radius 3 is 3.06 bits per heavy atom. The van der Waals surface area contributed by atoms with Gasteiger partial charge in [-0.2, -0.15) is 0 Å². The van der Waals surface area contributed by atoms with Crippen molar-refractivity contribution in [3.63, 3.8) is 0 Å². The summed E-state index contributed by atoms with van der Waals surface area (Å²) < 4.78 is 0. The van der Waals surface area contributed by atoms with Crippen LogP contribution in [0.5, 0.6) is 0 Å². The number of anilines is 2. The van der Waals surface area contributed by atoms with Crippen LogP contribution in [0, 0.1) is 0 Å². The van der Waals surface area contributed by atoms with Gasteiger partial charge in [-0.15, -0.1) is 11.3 Å². The van der Waals surface area contributed by atoms with Crippen molar-refractivity contribution >= 4 is 39.5 Å². The Morgan fingerprint density at radius 2 is 2.39 bits per heavy atom. The fraction of sp³-hybridized carbons (Fsp3) is 0.300. The second-order valence-electron chi connectivity index (χ2n) is 3.41. The van der Waals surface area contributed by atoms with Gasteiger partial charge in [-0.1, -0.05) is 11.3 Å². The Balaban J connectivity index is 2.00. The molecule has 96 valence electrons. The van der Waals surface area contributed by atoms with Gasteiger partial charge in [0.1, 0.15) is 10.7 Å². The van der Waals surface area contributed by atoms with Crippen molar-refractivity contribution in [3.05, 3.63) is 21.5 Å². The number of nitrogens with zero attached hydrogens (tertiary/aromatic N) is 2. The zero-order valence-corrected chi connectivity index (χ0v) is 11.4. The molecule has 0 atom stereocenters. The standard InChI is InChI=1S/C10H13N5OS2/c1-2-13-10-15-8(11)7(18-10)9(16)14-4-6-3-12-5-17-6/h3,5H,2,4,11H2,1H3,(H,13,15)(H,14,16). The van der Waals surface area contributed by atoms with Gasteiger partial charge in [-0.3, -0.25) is 9.78 Å². The Hall–Kier alpha value is -1.67. The first-order chi connectivity index (χ1) is 8.70. The summed E-state index contributed by atoms with van der Waals surface area (Å²) in [5.41, 5.74) is 7.44. The summed E-state index contributed by atoms with van der Waals surface area (Å²) in [7, 11) is 0. The Morgan fingerprint density at radius 1 is 1.56 bits per heavy atom. The zero-order valence-electron chi connectivity index (χ0n) is 9.77. The summed E-state index contributed by atoms with van der Waals surface area (Å²) >= 11 is 2.75. The van der Waals surface area contributed by atoms with Crippen LogP contribution in [0.2, 0.25) is 0 Å². The summed E-state index contributed by atoms with van der Waals surface area (Å²) in [6.45, 7) is 3.16. The van der Waals surface area contributed by atoms with Gasteiger partial charge in [0.25, 0.3) is 5.91 Å². The van der Waals surface area contributed by atoms with E-state index in [1.54, 1.807) is 11.7 Å². The Kier molecular flexibility index (Phi) is 4.11. The lowest BCUT2D eigenvalue weighted by atomic mass is 10.4. The molecule has 4 N–H and O–H groups in total. The fourth-order valence-corrected chi connectivity index (χ4v) is 2.70. The van der Waals surface area contributed by atoms with Crippen molar-refractivity contribution in [1.82, 2.24) is 15.3 Å². The number of nitrogen functional groups attached to an aromatic ring is 1. The molecule has 2 aromatic heterocycles. The van der Waals surface area contributed by atoms with Crippen molar-refractivity contribution in [3.8, 4) is 0 Å². The van der Waals surface area contributed by atoms with E-state index in [0.717, 1.165) is 11.4 Å². The number of carbonyl (C=O) groups excluding carboxylic acids is 1. The minimum atomic E-state index is -0.206. The summed E-state index contributed by atoms with van der Waals surface area (Å²) in [5.74, 6) is 0.0558. The van der Waals surface area contributed by atoms with Crippen molar-refractivity contribution in [1.29, 1.82) is 0 Å². The maximum absolute atomic E-state index is 11.9. The van der Waals surface area contributed by atoms with E-state index in [2.05, 4.69) is 20.6 Å². The Bertz CT molecular complexity index is 522. The molecule has 0 aliphatic heterocycles. The smallest absolute Gasteiger partial charge is 0.265 e. The molecule has 2 aromatic rings. The number of rotatable bonds is 5. The maximum Gasteiger partial charge on any atom is 0.265 e. The first-order valence-electron chi connectivity index (χ1n) is 5.36. The van der Waals surface area contributed by atoms with Crippen molar-refractivity contribution < 1.29 is 4.79 Å². The Labute approximate surface area is 112 Å². The molecule has 0 fully saturated rings. The number of carbonyl (C=O) groups is 1. The maximum atomic E-state index is 11.9. The average molecular weight is 283 g/mol. The highest BCUT2D eigenvalue weighted by atomic mass is 32.1. The van der Waals surface area contributed by atoms with Crippen LogP contribution in [0.4, 0.5) is 10.9 Å². The molecule has 0 saturated heterocycles. The van der Waals surface area contributed by atoms with Crippen molar-refractivity contribution in [2.45, 2.75) is 13.5 Å². The molecule has 1 amide bonds. The number of aromatic nitrogens is 2. The first kappa shape index (κ1) is 12.8. The number of hydrogen-bond acceptors (Lipinski definition) is 7. The molecule has 0 saturated carbocycles. The second kappa shape index (κ2) is 5.78. The predicted octanol–water partition coefficient (Wildman–Crippen LogP) is 1.54. The lowest BCUT2D eigenvalue weighted by Gasteiger charge is -2.00. The summed E-state index contributed by atoms with van der Waals surface area (Å²) in [6.07, 6.45) is 1.73. The van der Waals surface area contributed by atoms with Gasteiger partial charge < -0.3 is 16.4 Å². The molecular weight excluding hydrogens is 270 g/mol. The SMILES string of the molecule is CCNc1nc(N)c(C(=O)NCc2cncs2)s1. The van der Waals surface area contributed by atoms with Gasteiger partial charge >= 0.3 is 0 Å². The van der Waals surface area contributed by atoms with Crippen LogP contribution in [-0.2, 0) is 6.54 Å². The number of thiazole rings is 2. The van der Waals surface area contributed by atoms with Gasteiger partial charge in [0.15, 0.2) is 5.13 Å². The minimum Gasteiger partial charge on any atom is -0.382 e. The van der Waals surface area contributed by atoms with Gasteiger partial charge in [-0.05, 0) is 6.92 Å². The molecule has 0 aliphatic carbocycles. The molecule has 2 rings (SSSR count). The van der Waals surface area contributed by atoms with Crippen LogP contribution in [0.3, 0.4) is 0 Å². The third-order valence-corrected chi connectivity index (χ3v) is 3.90. The molecule has 6 nitrogen and oxygen atoms in total. The van der Waals surface area contributed by atoms with E-state index in [1.807, 2.05) is 6.92 Å². The third-order valence-electron chi connectivity index (χ3n) is 2.09. The van der Waals surface area contributed by atoms with Crippen LogP contribution >= 0.6 is 22.7 Å². The zero-order chi connectivity index (χ0) is 13.0. The number of hydrogen-bond donors (Lipinski definition) is 3. The number of nitrogens with two attached hydrogens (primary N) is 1. The summed E-state index contributed by atoms with van der Waals surface area (Å²) in [4.78, 5) is 21.4. The fourth-order valence-electron chi connectivity index (χ4n) is 1.30. The molecule has 2 heterocycles. The summed E-state index contributed by atoms with van der Waals surface area (Å²) in [6, 6.07) is 0. The van der Waals surface area contributed by atoms with Crippen LogP contribution < -0.4 is 16.4 Å². The molecule has 0 unspecified atom stereocenters. The average Bonchev–Trinajstić information content (AvgIpc) is 2.96. The molecule has 8 heteroatoms. The molecule has 0 aromatic carbocycles. The van der Waals surface area contributed by atoms with Crippen molar-refractivity contribution in [2.24, 2.45) is 0 Å². The van der Waals surface area contributed by atoms with E-state index >= 15 is 0 Å². The number of nitrogens with one attached hydrogen (secondary N) is 2. The molecule has 0 radical (unpaired) electrons. The van der Waals surface area contributed by atoms with Crippen LogP contribution in [-0.4, -0.2) is 22.4 Å². The van der Waals surface area contributed by atoms with E-state index in [9.17, 15) is 4.79 Å². The normalized spacial score (nSPS) is 10.3. The predicted molar refractivity (Wildman–Crippen MR) is 74.0 cm³/mol. The molecule has 18 heavy (non-hydrogen) atoms. The van der Waals surface area contributed by atoms with Crippen molar-refractivity contribution in [2.75, 3.05) is 17.6 Å². The van der Waals surface area contributed by atoms with Crippen LogP contribution in [0.1, 0.15) is 21.5 Å². The quantitative estimate of drug-likeness (QED) is 0.774. The lowest BCUT2D eigenvalue weighted by molar-refractivity contribution is 0.0956. The van der Waals surface area contributed by atoms with E-state index < -0.39 is 0 Å². The molecule has 0 bridgehead atoms. The highest BCUT2D eigenvalue weighted by molar-refractivity contribution is 7.18. The number of amides is 1. The lowest BCUT2D eigenvalue weighted by Crippen LogP contribution is -2.22. The first-order valence-corrected chi connectivity index (χ1v) is 7.06. The molecule has 0 spiro atoms. The monoisotopic (exact) mass is 283 g/mol. The third kappa shape index (κ3) is 2.96. The van der Waals surface area contributed by atoms with Crippen LogP contribution in [0.25, 0.3) is 0 Å². The minimum absolute atomic E-state index is 0.206. The molecule has 0 aliphatic rings. The van der Waals surface area contributed by atoms with E-state index in [4.69, 9.17) is 5.73 Å². The topological polar surface area (TPSA) is 92.9 Å². The van der Waals surface area contributed by atoms with E-state index in [1.165, 1.54) is 22.7 Å². The largest absolute Gasteiger partial charge is 0.382 e. The van der Waals surface area contributed by atoms with Gasteiger partial charge in [0.05, 0.1) is 12.1 Å². The molecular formula is C10H13N5OS2. The van der Waals surface area contributed by atoms with Gasteiger partial charge in [0.2, 0.25) is 0 Å². The van der Waals surface area contributed by atoms with E-state index in [0.29, 0.717) is 16.6 Å². The van der Waals surface area contributed by atoms with E-state index in [-0.39, 0.29) is 11.7 Å².